The predicted octanol–water partition coefficient (Wildman–Crippen LogP) is 1.84. The molecule has 4 rings (SSSR count). The van der Waals surface area contributed by atoms with Crippen molar-refractivity contribution in [3.63, 3.8) is 0 Å². The molecule has 1 aromatic heterocycles. The second kappa shape index (κ2) is 13.1. The quantitative estimate of drug-likeness (QED) is 0.606. The lowest BCUT2D eigenvalue weighted by Gasteiger charge is -2.34. The molecule has 0 spiro atoms. The molecule has 1 unspecified atom stereocenters. The van der Waals surface area contributed by atoms with Crippen LogP contribution in [0.2, 0.25) is 0 Å². The molecule has 1 atom stereocenters. The molecule has 0 bridgehead atoms. The van der Waals surface area contributed by atoms with Gasteiger partial charge in [-0.15, -0.1) is 0 Å². The van der Waals surface area contributed by atoms with E-state index in [2.05, 4.69) is 23.0 Å². The van der Waals surface area contributed by atoms with Crippen LogP contribution in [-0.2, 0) is 20.9 Å². The van der Waals surface area contributed by atoms with Crippen LogP contribution in [0.3, 0.4) is 0 Å². The topological polar surface area (TPSA) is 118 Å². The van der Waals surface area contributed by atoms with E-state index in [-0.39, 0.29) is 17.4 Å². The van der Waals surface area contributed by atoms with E-state index < -0.39 is 0 Å². The van der Waals surface area contributed by atoms with E-state index in [4.69, 9.17) is 4.74 Å². The number of β-amino-alcohol motifs (C(OH)–C–C–N with tert-alkyl or cyclic N) is 1. The maximum absolute atomic E-state index is 12.0. The Morgan fingerprint density at radius 1 is 1.31 bits per heavy atom. The van der Waals surface area contributed by atoms with Gasteiger partial charge >= 0.3 is 0 Å². The molecule has 0 saturated carbocycles. The third-order valence-corrected chi connectivity index (χ3v) is 5.89. The fourth-order valence-electron chi connectivity index (χ4n) is 3.89. The average Bonchev–Trinajstić information content (AvgIpc) is 3.26. The molecule has 1 aromatic carbocycles. The zero-order chi connectivity index (χ0) is 23.4. The Labute approximate surface area is 190 Å². The number of carbonyl (C=O) groups is 2. The number of benzene rings is 1. The van der Waals surface area contributed by atoms with Crippen LogP contribution in [-0.4, -0.2) is 66.8 Å². The molecule has 2 aliphatic heterocycles. The first-order valence-corrected chi connectivity index (χ1v) is 11.1. The van der Waals surface area contributed by atoms with Gasteiger partial charge in [0.15, 0.2) is 0 Å². The van der Waals surface area contributed by atoms with Crippen LogP contribution < -0.4 is 11.1 Å². The highest BCUT2D eigenvalue weighted by Crippen LogP contribution is 2.34. The molecule has 0 radical (unpaired) electrons. The lowest BCUT2D eigenvalue weighted by molar-refractivity contribution is -0.134. The number of carbonyl (C=O) groups excluding carboxylic acids is 2. The van der Waals surface area contributed by atoms with Crippen LogP contribution in [0.5, 0.6) is 0 Å². The molecule has 2 aromatic rings. The molecule has 2 amide bonds. The number of fused-ring (bicyclic) bond motifs is 1. The Hall–Kier alpha value is -2.55. The third kappa shape index (κ3) is 7.85. The van der Waals surface area contributed by atoms with Gasteiger partial charge in [-0.05, 0) is 54.8 Å². The van der Waals surface area contributed by atoms with Crippen LogP contribution in [0, 0.1) is 5.41 Å². The smallest absolute Gasteiger partial charge is 0.223 e. The summed E-state index contributed by atoms with van der Waals surface area (Å²) in [4.78, 5) is 28.0. The Morgan fingerprint density at radius 2 is 2.06 bits per heavy atom. The molecular weight excluding hydrogens is 408 g/mol. The Morgan fingerprint density at radius 3 is 2.72 bits per heavy atom. The number of pyridine rings is 1. The molecule has 0 aliphatic carbocycles. The van der Waals surface area contributed by atoms with Gasteiger partial charge in [-0.25, -0.2) is 0 Å². The minimum atomic E-state index is -0.313. The number of rotatable bonds is 5. The number of aliphatic hydroxyl groups excluding tert-OH is 1. The van der Waals surface area contributed by atoms with Crippen LogP contribution in [0.15, 0.2) is 36.7 Å². The predicted molar refractivity (Wildman–Crippen MR) is 125 cm³/mol. The van der Waals surface area contributed by atoms with Gasteiger partial charge in [-0.1, -0.05) is 19.1 Å². The zero-order valence-electron chi connectivity index (χ0n) is 19.1. The largest absolute Gasteiger partial charge is 0.391 e. The fourth-order valence-corrected chi connectivity index (χ4v) is 3.89. The van der Waals surface area contributed by atoms with Gasteiger partial charge in [-0.2, -0.15) is 0 Å². The summed E-state index contributed by atoms with van der Waals surface area (Å²) < 4.78 is 5.32. The standard InChI is InChI=1S/C12H21NO3.C11H10N2O.CH5N/c1-12(3-6-16-7-4-12)8-11(15)13-5-2-10(14)9-13;14-8-13-6-9-1-2-11-7-12-4-3-10(11)5-9;1-2/h10,14H,2-9H2,1H3;1-5,7-8H,6H2,(H,13,14);2H2,1H3. The fraction of sp³-hybridized carbons (Fsp3) is 0.542. The van der Waals surface area contributed by atoms with E-state index in [0.717, 1.165) is 48.8 Å². The normalized spacial score (nSPS) is 19.2. The van der Waals surface area contributed by atoms with Crippen molar-refractivity contribution in [1.82, 2.24) is 15.2 Å². The van der Waals surface area contributed by atoms with Gasteiger partial charge in [0.1, 0.15) is 0 Å². The average molecular weight is 445 g/mol. The van der Waals surface area contributed by atoms with Crippen molar-refractivity contribution >= 4 is 23.1 Å². The Kier molecular flexibility index (Phi) is 10.5. The van der Waals surface area contributed by atoms with E-state index in [1.54, 1.807) is 11.1 Å². The summed E-state index contributed by atoms with van der Waals surface area (Å²) in [7, 11) is 1.50. The number of ether oxygens (including phenoxy) is 1. The zero-order valence-corrected chi connectivity index (χ0v) is 19.1. The van der Waals surface area contributed by atoms with Crippen LogP contribution in [0.4, 0.5) is 0 Å². The van der Waals surface area contributed by atoms with Gasteiger partial charge in [-0.3, -0.25) is 14.6 Å². The molecule has 3 heterocycles. The van der Waals surface area contributed by atoms with Gasteiger partial charge < -0.3 is 25.8 Å². The molecule has 4 N–H and O–H groups in total. The molecule has 2 fully saturated rings. The number of hydrogen-bond acceptors (Lipinski definition) is 6. The number of likely N-dealkylation sites (tertiary alicyclic amines) is 1. The Balaban J connectivity index is 0.000000212. The minimum absolute atomic E-state index is 0.100. The van der Waals surface area contributed by atoms with Crippen molar-refractivity contribution in [3.8, 4) is 0 Å². The number of nitrogens with zero attached hydrogens (tertiary/aromatic N) is 2. The molecule has 2 aliphatic rings. The first-order valence-electron chi connectivity index (χ1n) is 11.1. The SMILES string of the molecule is CC1(CC(=O)N2CCC(O)C2)CCOCC1.CN.O=CNCc1ccc2cnccc2c1. The molecule has 2 saturated heterocycles. The van der Waals surface area contributed by atoms with Crippen molar-refractivity contribution < 1.29 is 19.4 Å². The lowest BCUT2D eigenvalue weighted by Crippen LogP contribution is -2.36. The van der Waals surface area contributed by atoms with Crippen molar-refractivity contribution in [2.24, 2.45) is 11.1 Å². The third-order valence-electron chi connectivity index (χ3n) is 5.89. The summed E-state index contributed by atoms with van der Waals surface area (Å²) in [6, 6.07) is 8.00. The van der Waals surface area contributed by atoms with Crippen molar-refractivity contribution in [2.45, 2.75) is 45.3 Å². The molecule has 8 heteroatoms. The van der Waals surface area contributed by atoms with Crippen LogP contribution >= 0.6 is 0 Å². The summed E-state index contributed by atoms with van der Waals surface area (Å²) in [5.41, 5.74) is 5.69. The highest BCUT2D eigenvalue weighted by molar-refractivity contribution is 5.82. The van der Waals surface area contributed by atoms with E-state index in [1.165, 1.54) is 7.05 Å². The summed E-state index contributed by atoms with van der Waals surface area (Å²) in [6.07, 6.45) is 7.24. The highest BCUT2D eigenvalue weighted by Gasteiger charge is 2.33. The van der Waals surface area contributed by atoms with Crippen molar-refractivity contribution in [2.75, 3.05) is 33.4 Å². The summed E-state index contributed by atoms with van der Waals surface area (Å²) in [6.45, 7) is 5.51. The first-order chi connectivity index (χ1) is 15.5. The van der Waals surface area contributed by atoms with Gasteiger partial charge in [0.2, 0.25) is 12.3 Å². The van der Waals surface area contributed by atoms with E-state index in [9.17, 15) is 14.7 Å². The highest BCUT2D eigenvalue weighted by atomic mass is 16.5. The second-order valence-corrected chi connectivity index (χ2v) is 8.44. The van der Waals surface area contributed by atoms with Crippen LogP contribution in [0.25, 0.3) is 10.8 Å². The van der Waals surface area contributed by atoms with E-state index >= 15 is 0 Å². The number of aliphatic hydroxyl groups is 1. The molecular formula is C24H36N4O4. The molecule has 176 valence electrons. The van der Waals surface area contributed by atoms with Gasteiger partial charge in [0.05, 0.1) is 6.10 Å². The van der Waals surface area contributed by atoms with Crippen molar-refractivity contribution in [1.29, 1.82) is 0 Å². The number of amides is 2. The number of aromatic nitrogens is 1. The van der Waals surface area contributed by atoms with E-state index in [0.29, 0.717) is 32.5 Å². The van der Waals surface area contributed by atoms with Crippen LogP contribution in [0.1, 0.15) is 38.2 Å². The maximum atomic E-state index is 12.0. The summed E-state index contributed by atoms with van der Waals surface area (Å²) >= 11 is 0. The van der Waals surface area contributed by atoms with E-state index in [1.807, 2.05) is 30.5 Å². The molecule has 32 heavy (non-hydrogen) atoms. The summed E-state index contributed by atoms with van der Waals surface area (Å²) in [5.74, 6) is 0.195. The monoisotopic (exact) mass is 444 g/mol. The van der Waals surface area contributed by atoms with Crippen molar-refractivity contribution in [3.05, 3.63) is 42.2 Å². The first kappa shape index (κ1) is 25.7. The van der Waals surface area contributed by atoms with Gasteiger partial charge in [0, 0.05) is 57.0 Å². The second-order valence-electron chi connectivity index (χ2n) is 8.44. The number of hydrogen-bond donors (Lipinski definition) is 3. The lowest BCUT2D eigenvalue weighted by atomic mass is 9.79. The number of nitrogens with one attached hydrogen (secondary N) is 1. The summed E-state index contributed by atoms with van der Waals surface area (Å²) in [5, 5.41) is 14.3. The minimum Gasteiger partial charge on any atom is -0.391 e. The Bertz CT molecular complexity index is 855. The van der Waals surface area contributed by atoms with Gasteiger partial charge in [0.25, 0.3) is 0 Å². The number of nitrogens with two attached hydrogens (primary N) is 1. The molecule has 8 nitrogen and oxygen atoms in total. The maximum Gasteiger partial charge on any atom is 0.223 e.